The van der Waals surface area contributed by atoms with Crippen LogP contribution >= 0.6 is 27.7 Å². The highest BCUT2D eigenvalue weighted by Gasteiger charge is 2.01. The number of hydrogen-bond acceptors (Lipinski definition) is 3. The Morgan fingerprint density at radius 2 is 2.31 bits per heavy atom. The van der Waals surface area contributed by atoms with Crippen LogP contribution in [-0.4, -0.2) is 18.1 Å². The average Bonchev–Trinajstić information content (AvgIpc) is 2.29. The third-order valence-electron chi connectivity index (χ3n) is 2.09. The van der Waals surface area contributed by atoms with Crippen LogP contribution < -0.4 is 5.32 Å². The van der Waals surface area contributed by atoms with Crippen LogP contribution in [-0.2, 0) is 0 Å². The van der Waals surface area contributed by atoms with Crippen LogP contribution in [0.5, 0.6) is 0 Å². The van der Waals surface area contributed by atoms with Gasteiger partial charge in [-0.3, -0.25) is 0 Å². The summed E-state index contributed by atoms with van der Waals surface area (Å²) >= 11 is 5.35. The standard InChI is InChI=1S/C12H15BrN2S/c1-2-16-7-3-6-15-12-8-11(13)5-4-10(12)9-14/h4-5,8,15H,2-3,6-7H2,1H3. The first-order valence-electron chi connectivity index (χ1n) is 5.29. The van der Waals surface area contributed by atoms with E-state index in [9.17, 15) is 0 Å². The van der Waals surface area contributed by atoms with Crippen molar-refractivity contribution < 1.29 is 0 Å². The molecule has 0 amide bonds. The number of nitrogens with zero attached hydrogens (tertiary/aromatic N) is 1. The lowest BCUT2D eigenvalue weighted by Gasteiger charge is -2.08. The van der Waals surface area contributed by atoms with Crippen LogP contribution in [0, 0.1) is 11.3 Å². The first-order valence-corrected chi connectivity index (χ1v) is 7.24. The number of thioether (sulfide) groups is 1. The van der Waals surface area contributed by atoms with Crippen molar-refractivity contribution in [1.29, 1.82) is 5.26 Å². The van der Waals surface area contributed by atoms with Crippen molar-refractivity contribution in [2.75, 3.05) is 23.4 Å². The Labute approximate surface area is 110 Å². The molecule has 2 nitrogen and oxygen atoms in total. The van der Waals surface area contributed by atoms with Gasteiger partial charge in [0.15, 0.2) is 0 Å². The summed E-state index contributed by atoms with van der Waals surface area (Å²) in [5.41, 5.74) is 1.62. The second-order valence-corrected chi connectivity index (χ2v) is 5.59. The van der Waals surface area contributed by atoms with E-state index < -0.39 is 0 Å². The molecule has 1 aromatic rings. The lowest BCUT2D eigenvalue weighted by molar-refractivity contribution is 0.990. The van der Waals surface area contributed by atoms with Gasteiger partial charge in [0, 0.05) is 11.0 Å². The minimum absolute atomic E-state index is 0.700. The Morgan fingerprint density at radius 3 is 3.00 bits per heavy atom. The second-order valence-electron chi connectivity index (χ2n) is 3.28. The summed E-state index contributed by atoms with van der Waals surface area (Å²) in [6.45, 7) is 3.08. The van der Waals surface area contributed by atoms with E-state index in [0.717, 1.165) is 23.1 Å². The Kier molecular flexibility index (Phi) is 6.36. The molecule has 0 aliphatic heterocycles. The number of hydrogen-bond donors (Lipinski definition) is 1. The number of benzene rings is 1. The highest BCUT2D eigenvalue weighted by molar-refractivity contribution is 9.10. The van der Waals surface area contributed by atoms with Crippen molar-refractivity contribution >= 4 is 33.4 Å². The molecular weight excluding hydrogens is 284 g/mol. The van der Waals surface area contributed by atoms with Crippen LogP contribution in [0.15, 0.2) is 22.7 Å². The molecule has 0 aromatic heterocycles. The molecule has 0 bridgehead atoms. The maximum absolute atomic E-state index is 8.94. The van der Waals surface area contributed by atoms with E-state index in [2.05, 4.69) is 34.2 Å². The highest BCUT2D eigenvalue weighted by Crippen LogP contribution is 2.20. The Hall–Kier alpha value is -0.660. The lowest BCUT2D eigenvalue weighted by atomic mass is 10.2. The van der Waals surface area contributed by atoms with Gasteiger partial charge in [-0.25, -0.2) is 0 Å². The molecule has 0 radical (unpaired) electrons. The summed E-state index contributed by atoms with van der Waals surface area (Å²) in [6.07, 6.45) is 1.12. The summed E-state index contributed by atoms with van der Waals surface area (Å²) in [5, 5.41) is 12.2. The minimum Gasteiger partial charge on any atom is -0.384 e. The molecule has 0 spiro atoms. The largest absolute Gasteiger partial charge is 0.384 e. The molecule has 16 heavy (non-hydrogen) atoms. The summed E-state index contributed by atoms with van der Waals surface area (Å²) < 4.78 is 0.997. The van der Waals surface area contributed by atoms with Crippen LogP contribution in [0.3, 0.4) is 0 Å². The Bertz CT molecular complexity index is 374. The van der Waals surface area contributed by atoms with Crippen LogP contribution in [0.1, 0.15) is 18.9 Å². The zero-order valence-corrected chi connectivity index (χ0v) is 11.7. The van der Waals surface area contributed by atoms with Crippen LogP contribution in [0.2, 0.25) is 0 Å². The van der Waals surface area contributed by atoms with Gasteiger partial charge in [-0.05, 0) is 36.1 Å². The smallest absolute Gasteiger partial charge is 0.101 e. The summed E-state index contributed by atoms with van der Waals surface area (Å²) in [6, 6.07) is 7.85. The Balaban J connectivity index is 2.46. The minimum atomic E-state index is 0.700. The van der Waals surface area contributed by atoms with Crippen molar-refractivity contribution in [3.8, 4) is 6.07 Å². The van der Waals surface area contributed by atoms with Gasteiger partial charge in [0.25, 0.3) is 0 Å². The van der Waals surface area contributed by atoms with Crippen molar-refractivity contribution in [3.05, 3.63) is 28.2 Å². The van der Waals surface area contributed by atoms with E-state index in [1.54, 1.807) is 0 Å². The molecule has 86 valence electrons. The Morgan fingerprint density at radius 1 is 1.50 bits per heavy atom. The van der Waals surface area contributed by atoms with Gasteiger partial charge in [-0.15, -0.1) is 0 Å². The molecular formula is C12H15BrN2S. The monoisotopic (exact) mass is 298 g/mol. The fourth-order valence-corrected chi connectivity index (χ4v) is 2.30. The fraction of sp³-hybridized carbons (Fsp3) is 0.417. The second kappa shape index (κ2) is 7.59. The predicted octanol–water partition coefficient (Wildman–Crippen LogP) is 3.88. The van der Waals surface area contributed by atoms with Crippen molar-refractivity contribution in [2.24, 2.45) is 0 Å². The molecule has 1 aromatic carbocycles. The van der Waals surface area contributed by atoms with Gasteiger partial charge in [0.2, 0.25) is 0 Å². The number of nitriles is 1. The molecule has 0 fully saturated rings. The van der Waals surface area contributed by atoms with E-state index in [-0.39, 0.29) is 0 Å². The van der Waals surface area contributed by atoms with Crippen molar-refractivity contribution in [3.63, 3.8) is 0 Å². The van der Waals surface area contributed by atoms with E-state index >= 15 is 0 Å². The van der Waals surface area contributed by atoms with E-state index in [1.165, 1.54) is 11.5 Å². The van der Waals surface area contributed by atoms with E-state index in [0.29, 0.717) is 5.56 Å². The first-order chi connectivity index (χ1) is 7.77. The van der Waals surface area contributed by atoms with Gasteiger partial charge < -0.3 is 5.32 Å². The van der Waals surface area contributed by atoms with Crippen molar-refractivity contribution in [2.45, 2.75) is 13.3 Å². The number of rotatable bonds is 6. The SMILES string of the molecule is CCSCCCNc1cc(Br)ccc1C#N. The predicted molar refractivity (Wildman–Crippen MR) is 75.0 cm³/mol. The third kappa shape index (κ3) is 4.46. The topological polar surface area (TPSA) is 35.8 Å². The fourth-order valence-electron chi connectivity index (χ4n) is 1.30. The number of nitrogens with one attached hydrogen (secondary N) is 1. The van der Waals surface area contributed by atoms with E-state index in [4.69, 9.17) is 5.26 Å². The molecule has 0 heterocycles. The number of anilines is 1. The maximum Gasteiger partial charge on any atom is 0.101 e. The van der Waals surface area contributed by atoms with Gasteiger partial charge in [-0.2, -0.15) is 17.0 Å². The first kappa shape index (κ1) is 13.4. The molecule has 0 unspecified atom stereocenters. The summed E-state index contributed by atoms with van der Waals surface area (Å²) in [4.78, 5) is 0. The molecule has 0 saturated heterocycles. The van der Waals surface area contributed by atoms with Crippen LogP contribution in [0.25, 0.3) is 0 Å². The zero-order chi connectivity index (χ0) is 11.8. The molecule has 0 saturated carbocycles. The third-order valence-corrected chi connectivity index (χ3v) is 3.57. The molecule has 0 aliphatic rings. The number of halogens is 1. The highest BCUT2D eigenvalue weighted by atomic mass is 79.9. The molecule has 1 rings (SSSR count). The quantitative estimate of drug-likeness (QED) is 0.810. The van der Waals surface area contributed by atoms with Gasteiger partial charge in [0.1, 0.15) is 6.07 Å². The maximum atomic E-state index is 8.94. The normalized spacial score (nSPS) is 9.81. The molecule has 4 heteroatoms. The molecule has 0 aliphatic carbocycles. The van der Waals surface area contributed by atoms with Crippen LogP contribution in [0.4, 0.5) is 5.69 Å². The van der Waals surface area contributed by atoms with Gasteiger partial charge in [0.05, 0.1) is 11.3 Å². The van der Waals surface area contributed by atoms with Crippen molar-refractivity contribution in [1.82, 2.24) is 0 Å². The molecule has 0 atom stereocenters. The summed E-state index contributed by atoms with van der Waals surface area (Å²) in [5.74, 6) is 2.33. The summed E-state index contributed by atoms with van der Waals surface area (Å²) in [7, 11) is 0. The lowest BCUT2D eigenvalue weighted by Crippen LogP contribution is -2.04. The molecule has 1 N–H and O–H groups in total. The zero-order valence-electron chi connectivity index (χ0n) is 9.29. The average molecular weight is 299 g/mol. The van der Waals surface area contributed by atoms with E-state index in [1.807, 2.05) is 30.0 Å². The van der Waals surface area contributed by atoms with Gasteiger partial charge in [-0.1, -0.05) is 22.9 Å². The van der Waals surface area contributed by atoms with Gasteiger partial charge >= 0.3 is 0 Å².